The molecule has 0 heterocycles. The van der Waals surface area contributed by atoms with Crippen LogP contribution in [0.15, 0.2) is 18.2 Å². The molecule has 1 unspecified atom stereocenters. The third-order valence-electron chi connectivity index (χ3n) is 2.72. The molecule has 0 aliphatic heterocycles. The molecule has 3 nitrogen and oxygen atoms in total. The van der Waals surface area contributed by atoms with Crippen LogP contribution in [0.2, 0.25) is 10.0 Å². The van der Waals surface area contributed by atoms with Crippen molar-refractivity contribution in [2.45, 2.75) is 26.9 Å². The molecular weight excluding hydrogens is 321 g/mol. The van der Waals surface area contributed by atoms with Crippen LogP contribution in [0.5, 0.6) is 5.75 Å². The fourth-order valence-corrected chi connectivity index (χ4v) is 1.94. The molecule has 6 heteroatoms. The molecule has 20 heavy (non-hydrogen) atoms. The molecule has 0 radical (unpaired) electrons. The lowest BCUT2D eigenvalue weighted by Crippen LogP contribution is -2.42. The standard InChI is InChI=1S/C14H18Cl3NO2/c1-9(7-18-13(19)14(2,3)8-15)20-12-5-4-10(16)6-11(12)17/h4-6,9H,7-8H2,1-3H3,(H,18,19). The van der Waals surface area contributed by atoms with E-state index in [-0.39, 0.29) is 17.9 Å². The monoisotopic (exact) mass is 337 g/mol. The zero-order valence-electron chi connectivity index (χ0n) is 11.7. The molecule has 0 fully saturated rings. The number of ether oxygens (including phenoxy) is 1. The number of hydrogen-bond acceptors (Lipinski definition) is 2. The third kappa shape index (κ3) is 5.04. The molecule has 1 atom stereocenters. The number of benzene rings is 1. The van der Waals surface area contributed by atoms with E-state index in [1.165, 1.54) is 0 Å². The van der Waals surface area contributed by atoms with E-state index < -0.39 is 5.41 Å². The largest absolute Gasteiger partial charge is 0.487 e. The second kappa shape index (κ2) is 7.39. The van der Waals surface area contributed by atoms with Crippen LogP contribution in [-0.4, -0.2) is 24.4 Å². The van der Waals surface area contributed by atoms with Gasteiger partial charge in [-0.25, -0.2) is 0 Å². The Morgan fingerprint density at radius 1 is 1.40 bits per heavy atom. The zero-order valence-corrected chi connectivity index (χ0v) is 13.9. The third-order valence-corrected chi connectivity index (χ3v) is 3.92. The van der Waals surface area contributed by atoms with E-state index in [1.54, 1.807) is 32.0 Å². The predicted molar refractivity (Wildman–Crippen MR) is 84.1 cm³/mol. The first-order valence-electron chi connectivity index (χ1n) is 6.22. The zero-order chi connectivity index (χ0) is 15.3. The molecule has 0 bridgehead atoms. The summed E-state index contributed by atoms with van der Waals surface area (Å²) in [5.41, 5.74) is -0.598. The van der Waals surface area contributed by atoms with E-state index in [0.29, 0.717) is 22.3 Å². The highest BCUT2D eigenvalue weighted by atomic mass is 35.5. The average Bonchev–Trinajstić information content (AvgIpc) is 2.39. The van der Waals surface area contributed by atoms with Gasteiger partial charge in [-0.1, -0.05) is 23.2 Å². The number of halogens is 3. The van der Waals surface area contributed by atoms with Crippen LogP contribution < -0.4 is 10.1 Å². The van der Waals surface area contributed by atoms with Gasteiger partial charge in [0.15, 0.2) is 0 Å². The second-order valence-corrected chi connectivity index (χ2v) is 6.34. The number of alkyl halides is 1. The Labute approximate surface area is 134 Å². The van der Waals surface area contributed by atoms with Gasteiger partial charge in [0.05, 0.1) is 17.0 Å². The number of rotatable bonds is 6. The first-order valence-corrected chi connectivity index (χ1v) is 7.51. The summed E-state index contributed by atoms with van der Waals surface area (Å²) in [6.07, 6.45) is -0.219. The molecule has 0 aromatic heterocycles. The fraction of sp³-hybridized carbons (Fsp3) is 0.500. The quantitative estimate of drug-likeness (QED) is 0.792. The summed E-state index contributed by atoms with van der Waals surface area (Å²) in [4.78, 5) is 11.9. The van der Waals surface area contributed by atoms with Crippen LogP contribution in [0.25, 0.3) is 0 Å². The molecule has 1 amide bonds. The van der Waals surface area contributed by atoms with Gasteiger partial charge in [0, 0.05) is 10.9 Å². The molecule has 1 aromatic rings. The predicted octanol–water partition coefficient (Wildman–Crippen LogP) is 4.14. The number of hydrogen-bond donors (Lipinski definition) is 1. The first-order chi connectivity index (χ1) is 9.26. The van der Waals surface area contributed by atoms with Crippen molar-refractivity contribution < 1.29 is 9.53 Å². The van der Waals surface area contributed by atoms with Crippen molar-refractivity contribution in [3.63, 3.8) is 0 Å². The fourth-order valence-electron chi connectivity index (χ4n) is 1.37. The molecule has 0 saturated carbocycles. The normalized spacial score (nSPS) is 12.9. The molecule has 0 saturated heterocycles. The summed E-state index contributed by atoms with van der Waals surface area (Å²) in [7, 11) is 0. The van der Waals surface area contributed by atoms with Gasteiger partial charge in [-0.2, -0.15) is 0 Å². The van der Waals surface area contributed by atoms with Gasteiger partial charge < -0.3 is 10.1 Å². The number of carbonyl (C=O) groups excluding carboxylic acids is 1. The summed E-state index contributed by atoms with van der Waals surface area (Å²) in [5.74, 6) is 0.691. The second-order valence-electron chi connectivity index (χ2n) is 5.23. The van der Waals surface area contributed by atoms with Crippen molar-refractivity contribution in [1.29, 1.82) is 0 Å². The lowest BCUT2D eigenvalue weighted by atomic mass is 9.95. The topological polar surface area (TPSA) is 38.3 Å². The summed E-state index contributed by atoms with van der Waals surface area (Å²) in [6, 6.07) is 5.01. The van der Waals surface area contributed by atoms with Crippen molar-refractivity contribution in [2.75, 3.05) is 12.4 Å². The molecule has 1 rings (SSSR count). The molecule has 0 spiro atoms. The van der Waals surface area contributed by atoms with E-state index in [9.17, 15) is 4.79 Å². The minimum Gasteiger partial charge on any atom is -0.487 e. The number of nitrogens with one attached hydrogen (secondary N) is 1. The van der Waals surface area contributed by atoms with Crippen molar-refractivity contribution in [3.05, 3.63) is 28.2 Å². The molecule has 0 aliphatic carbocycles. The molecule has 0 aliphatic rings. The van der Waals surface area contributed by atoms with Gasteiger partial charge in [-0.15, -0.1) is 11.6 Å². The summed E-state index contributed by atoms with van der Waals surface area (Å²) < 4.78 is 5.66. The van der Waals surface area contributed by atoms with E-state index in [1.807, 2.05) is 6.92 Å². The molecule has 1 aromatic carbocycles. The molecule has 112 valence electrons. The van der Waals surface area contributed by atoms with Crippen LogP contribution in [-0.2, 0) is 4.79 Å². The van der Waals surface area contributed by atoms with E-state index in [2.05, 4.69) is 5.32 Å². The maximum atomic E-state index is 11.9. The Balaban J connectivity index is 2.52. The summed E-state index contributed by atoms with van der Waals surface area (Å²) in [6.45, 7) is 5.80. The summed E-state index contributed by atoms with van der Waals surface area (Å²) >= 11 is 17.6. The van der Waals surface area contributed by atoms with Crippen molar-refractivity contribution in [3.8, 4) is 5.75 Å². The van der Waals surface area contributed by atoms with Gasteiger partial charge in [0.25, 0.3) is 0 Å². The highest BCUT2D eigenvalue weighted by Gasteiger charge is 2.26. The molecular formula is C14H18Cl3NO2. The average molecular weight is 339 g/mol. The van der Waals surface area contributed by atoms with Gasteiger partial charge in [0.1, 0.15) is 11.9 Å². The van der Waals surface area contributed by atoms with Crippen LogP contribution >= 0.6 is 34.8 Å². The Morgan fingerprint density at radius 2 is 2.05 bits per heavy atom. The lowest BCUT2D eigenvalue weighted by Gasteiger charge is -2.22. The minimum absolute atomic E-state index is 0.106. The molecule has 1 N–H and O–H groups in total. The maximum absolute atomic E-state index is 11.9. The Kier molecular flexibility index (Phi) is 6.44. The SMILES string of the molecule is CC(CNC(=O)C(C)(C)CCl)Oc1ccc(Cl)cc1Cl. The maximum Gasteiger partial charge on any atom is 0.226 e. The summed E-state index contributed by atoms with van der Waals surface area (Å²) in [5, 5.41) is 3.80. The van der Waals surface area contributed by atoms with Gasteiger partial charge >= 0.3 is 0 Å². The van der Waals surface area contributed by atoms with Crippen LogP contribution in [0.3, 0.4) is 0 Å². The highest BCUT2D eigenvalue weighted by molar-refractivity contribution is 6.35. The van der Waals surface area contributed by atoms with Crippen molar-refractivity contribution >= 4 is 40.7 Å². The van der Waals surface area contributed by atoms with Gasteiger partial charge in [-0.3, -0.25) is 4.79 Å². The lowest BCUT2D eigenvalue weighted by molar-refractivity contribution is -0.128. The minimum atomic E-state index is -0.598. The van der Waals surface area contributed by atoms with E-state index >= 15 is 0 Å². The first kappa shape index (κ1) is 17.4. The Hall–Kier alpha value is -0.640. The van der Waals surface area contributed by atoms with Crippen molar-refractivity contribution in [2.24, 2.45) is 5.41 Å². The van der Waals surface area contributed by atoms with Gasteiger partial charge in [-0.05, 0) is 39.0 Å². The van der Waals surface area contributed by atoms with Crippen LogP contribution in [0.1, 0.15) is 20.8 Å². The van der Waals surface area contributed by atoms with Gasteiger partial charge in [0.2, 0.25) is 5.91 Å². The van der Waals surface area contributed by atoms with E-state index in [4.69, 9.17) is 39.5 Å². The highest BCUT2D eigenvalue weighted by Crippen LogP contribution is 2.28. The Morgan fingerprint density at radius 3 is 2.60 bits per heavy atom. The Bertz CT molecular complexity index is 477. The smallest absolute Gasteiger partial charge is 0.226 e. The van der Waals surface area contributed by atoms with E-state index in [0.717, 1.165) is 0 Å². The number of amides is 1. The number of carbonyl (C=O) groups is 1. The van der Waals surface area contributed by atoms with Crippen LogP contribution in [0, 0.1) is 5.41 Å². The van der Waals surface area contributed by atoms with Crippen molar-refractivity contribution in [1.82, 2.24) is 5.32 Å². The van der Waals surface area contributed by atoms with Crippen LogP contribution in [0.4, 0.5) is 0 Å².